The van der Waals surface area contributed by atoms with E-state index in [1.807, 2.05) is 36.4 Å². The van der Waals surface area contributed by atoms with E-state index in [4.69, 9.17) is 23.2 Å². The van der Waals surface area contributed by atoms with Gasteiger partial charge >= 0.3 is 0 Å². The topological polar surface area (TPSA) is 0 Å². The van der Waals surface area contributed by atoms with Gasteiger partial charge in [0.15, 0.2) is 0 Å². The molecule has 0 aromatic heterocycles. The van der Waals surface area contributed by atoms with Crippen molar-refractivity contribution in [2.75, 3.05) is 0 Å². The number of aryl methyl sites for hydroxylation is 2. The first-order valence-electron chi connectivity index (χ1n) is 5.55. The number of hydrogen-bond donors (Lipinski definition) is 0. The van der Waals surface area contributed by atoms with E-state index in [0.29, 0.717) is 0 Å². The number of halogens is 2. The molecule has 0 aliphatic rings. The lowest BCUT2D eigenvalue weighted by Crippen LogP contribution is -1.96. The molecule has 17 heavy (non-hydrogen) atoms. The van der Waals surface area contributed by atoms with Gasteiger partial charge < -0.3 is 0 Å². The zero-order valence-corrected chi connectivity index (χ0v) is 11.4. The highest BCUT2D eigenvalue weighted by Gasteiger charge is 2.14. The predicted molar refractivity (Wildman–Crippen MR) is 75.1 cm³/mol. The van der Waals surface area contributed by atoms with Crippen molar-refractivity contribution in [3.05, 3.63) is 69.7 Å². The van der Waals surface area contributed by atoms with Crippen LogP contribution in [-0.4, -0.2) is 0 Å². The molecule has 0 saturated carbocycles. The maximum absolute atomic E-state index is 6.48. The fourth-order valence-corrected chi connectivity index (χ4v) is 2.51. The molecule has 2 rings (SSSR count). The molecule has 0 aliphatic carbocycles. The Morgan fingerprint density at radius 2 is 1.53 bits per heavy atom. The number of hydrogen-bond acceptors (Lipinski definition) is 0. The van der Waals surface area contributed by atoms with Crippen LogP contribution in [0.25, 0.3) is 0 Å². The standard InChI is InChI=1S/C15H14Cl2/c1-10-8-13(14(16)9-11(10)2)15(17)12-6-4-3-5-7-12/h3-9,15H,1-2H3. The van der Waals surface area contributed by atoms with Gasteiger partial charge in [-0.15, -0.1) is 11.6 Å². The minimum absolute atomic E-state index is 0.192. The normalized spacial score (nSPS) is 12.5. The van der Waals surface area contributed by atoms with Crippen molar-refractivity contribution in [1.29, 1.82) is 0 Å². The third-order valence-electron chi connectivity index (χ3n) is 2.98. The van der Waals surface area contributed by atoms with E-state index in [1.54, 1.807) is 0 Å². The second kappa shape index (κ2) is 5.12. The van der Waals surface area contributed by atoms with Gasteiger partial charge in [0.2, 0.25) is 0 Å². The summed E-state index contributed by atoms with van der Waals surface area (Å²) >= 11 is 12.7. The molecule has 2 aromatic rings. The van der Waals surface area contributed by atoms with E-state index in [1.165, 1.54) is 11.1 Å². The lowest BCUT2D eigenvalue weighted by molar-refractivity contribution is 1.12. The second-order valence-corrected chi connectivity index (χ2v) is 5.07. The molecule has 0 heterocycles. The molecule has 1 atom stereocenters. The number of alkyl halides is 1. The zero-order valence-electron chi connectivity index (χ0n) is 9.87. The highest BCUT2D eigenvalue weighted by molar-refractivity contribution is 6.33. The van der Waals surface area contributed by atoms with Gasteiger partial charge in [-0.2, -0.15) is 0 Å². The minimum Gasteiger partial charge on any atom is -0.113 e. The predicted octanol–water partition coefficient (Wildman–Crippen LogP) is 5.29. The molecule has 88 valence electrons. The van der Waals surface area contributed by atoms with Crippen LogP contribution in [0.2, 0.25) is 5.02 Å². The maximum Gasteiger partial charge on any atom is 0.0849 e. The average Bonchev–Trinajstić information content (AvgIpc) is 2.34. The van der Waals surface area contributed by atoms with Gasteiger partial charge in [0, 0.05) is 5.02 Å². The van der Waals surface area contributed by atoms with E-state index >= 15 is 0 Å². The zero-order chi connectivity index (χ0) is 12.4. The van der Waals surface area contributed by atoms with Crippen LogP contribution in [0.4, 0.5) is 0 Å². The average molecular weight is 265 g/mol. The molecule has 0 amide bonds. The van der Waals surface area contributed by atoms with Crippen molar-refractivity contribution < 1.29 is 0 Å². The van der Waals surface area contributed by atoms with Gasteiger partial charge in [0.1, 0.15) is 0 Å². The summed E-state index contributed by atoms with van der Waals surface area (Å²) in [4.78, 5) is 0. The van der Waals surface area contributed by atoms with Gasteiger partial charge in [-0.25, -0.2) is 0 Å². The molecule has 2 heteroatoms. The third-order valence-corrected chi connectivity index (χ3v) is 3.79. The molecular formula is C15H14Cl2. The van der Waals surface area contributed by atoms with Gasteiger partial charge in [-0.05, 0) is 42.2 Å². The van der Waals surface area contributed by atoms with Crippen LogP contribution in [-0.2, 0) is 0 Å². The molecule has 0 fully saturated rings. The quantitative estimate of drug-likeness (QED) is 0.647. The van der Waals surface area contributed by atoms with Crippen LogP contribution in [0.3, 0.4) is 0 Å². The largest absolute Gasteiger partial charge is 0.113 e. The maximum atomic E-state index is 6.48. The summed E-state index contributed by atoms with van der Waals surface area (Å²) in [6, 6.07) is 14.0. The highest BCUT2D eigenvalue weighted by atomic mass is 35.5. The summed E-state index contributed by atoms with van der Waals surface area (Å²) in [5.74, 6) is 0. The van der Waals surface area contributed by atoms with Crippen molar-refractivity contribution >= 4 is 23.2 Å². The van der Waals surface area contributed by atoms with Crippen molar-refractivity contribution in [2.45, 2.75) is 19.2 Å². The van der Waals surface area contributed by atoms with Crippen LogP contribution in [0.5, 0.6) is 0 Å². The Bertz CT molecular complexity index is 518. The van der Waals surface area contributed by atoms with Crippen LogP contribution >= 0.6 is 23.2 Å². The first-order chi connectivity index (χ1) is 8.09. The van der Waals surface area contributed by atoms with Crippen LogP contribution in [0, 0.1) is 13.8 Å². The van der Waals surface area contributed by atoms with E-state index in [2.05, 4.69) is 19.9 Å². The van der Waals surface area contributed by atoms with E-state index in [-0.39, 0.29) is 5.38 Å². The van der Waals surface area contributed by atoms with Gasteiger partial charge in [-0.3, -0.25) is 0 Å². The second-order valence-electron chi connectivity index (χ2n) is 4.23. The van der Waals surface area contributed by atoms with E-state index in [0.717, 1.165) is 16.1 Å². The summed E-state index contributed by atoms with van der Waals surface area (Å²) in [7, 11) is 0. The van der Waals surface area contributed by atoms with E-state index in [9.17, 15) is 0 Å². The van der Waals surface area contributed by atoms with Crippen LogP contribution in [0.15, 0.2) is 42.5 Å². The summed E-state index contributed by atoms with van der Waals surface area (Å²) in [5.41, 5.74) is 4.45. The van der Waals surface area contributed by atoms with Gasteiger partial charge in [0.25, 0.3) is 0 Å². The summed E-state index contributed by atoms with van der Waals surface area (Å²) < 4.78 is 0. The van der Waals surface area contributed by atoms with Crippen molar-refractivity contribution in [1.82, 2.24) is 0 Å². The Morgan fingerprint density at radius 1 is 0.941 bits per heavy atom. The van der Waals surface area contributed by atoms with Gasteiger partial charge in [-0.1, -0.05) is 48.0 Å². The Morgan fingerprint density at radius 3 is 2.18 bits per heavy atom. The monoisotopic (exact) mass is 264 g/mol. The SMILES string of the molecule is Cc1cc(Cl)c(C(Cl)c2ccccc2)cc1C. The Kier molecular flexibility index (Phi) is 3.76. The molecule has 0 radical (unpaired) electrons. The smallest absolute Gasteiger partial charge is 0.0849 e. The Hall–Kier alpha value is -0.980. The molecule has 0 saturated heterocycles. The van der Waals surface area contributed by atoms with Crippen LogP contribution in [0.1, 0.15) is 27.6 Å². The number of rotatable bonds is 2. The fraction of sp³-hybridized carbons (Fsp3) is 0.200. The Balaban J connectivity index is 2.44. The van der Waals surface area contributed by atoms with Crippen molar-refractivity contribution in [3.8, 4) is 0 Å². The van der Waals surface area contributed by atoms with Crippen molar-refractivity contribution in [2.24, 2.45) is 0 Å². The first-order valence-corrected chi connectivity index (χ1v) is 6.36. The fourth-order valence-electron chi connectivity index (χ4n) is 1.80. The summed E-state index contributed by atoms with van der Waals surface area (Å²) in [6.07, 6.45) is 0. The molecule has 0 aliphatic heterocycles. The van der Waals surface area contributed by atoms with Crippen LogP contribution < -0.4 is 0 Å². The first kappa shape index (κ1) is 12.5. The Labute approximate surface area is 112 Å². The molecule has 0 N–H and O–H groups in total. The minimum atomic E-state index is -0.192. The molecule has 0 spiro atoms. The summed E-state index contributed by atoms with van der Waals surface area (Å²) in [5, 5.41) is 0.542. The van der Waals surface area contributed by atoms with E-state index < -0.39 is 0 Å². The molecule has 1 unspecified atom stereocenters. The lowest BCUT2D eigenvalue weighted by Gasteiger charge is -2.14. The molecule has 0 nitrogen and oxygen atoms in total. The van der Waals surface area contributed by atoms with Crippen molar-refractivity contribution in [3.63, 3.8) is 0 Å². The summed E-state index contributed by atoms with van der Waals surface area (Å²) in [6.45, 7) is 4.13. The third kappa shape index (κ3) is 2.65. The lowest BCUT2D eigenvalue weighted by atomic mass is 10.00. The molecule has 2 aromatic carbocycles. The van der Waals surface area contributed by atoms with Gasteiger partial charge in [0.05, 0.1) is 5.38 Å². The molecule has 0 bridgehead atoms. The highest BCUT2D eigenvalue weighted by Crippen LogP contribution is 2.34. The number of benzene rings is 2. The molecular weight excluding hydrogens is 251 g/mol.